The first-order valence-electron chi connectivity index (χ1n) is 10.5. The molecular weight excluding hydrogens is 410 g/mol. The van der Waals surface area contributed by atoms with Gasteiger partial charge in [0.1, 0.15) is 10.8 Å². The van der Waals surface area contributed by atoms with Gasteiger partial charge in [-0.15, -0.1) is 11.3 Å². The van der Waals surface area contributed by atoms with Crippen LogP contribution >= 0.6 is 11.3 Å². The lowest BCUT2D eigenvalue weighted by Crippen LogP contribution is -2.27. The maximum Gasteiger partial charge on any atom is 0.222 e. The van der Waals surface area contributed by atoms with Crippen LogP contribution in [0.2, 0.25) is 0 Å². The molecule has 162 valence electrons. The Morgan fingerprint density at radius 1 is 1.35 bits per heavy atom. The number of aliphatic hydroxyl groups is 1. The van der Waals surface area contributed by atoms with E-state index in [1.54, 1.807) is 11.3 Å². The monoisotopic (exact) mass is 437 g/mol. The van der Waals surface area contributed by atoms with Crippen molar-refractivity contribution in [3.05, 3.63) is 53.7 Å². The van der Waals surface area contributed by atoms with E-state index in [9.17, 15) is 4.79 Å². The van der Waals surface area contributed by atoms with Gasteiger partial charge in [-0.25, -0.2) is 4.98 Å². The van der Waals surface area contributed by atoms with Crippen molar-refractivity contribution in [3.63, 3.8) is 0 Å². The Hall–Kier alpha value is -2.90. The molecule has 31 heavy (non-hydrogen) atoms. The molecule has 2 aromatic carbocycles. The Kier molecular flexibility index (Phi) is 6.25. The maximum atomic E-state index is 11.9. The first-order chi connectivity index (χ1) is 15.0. The summed E-state index contributed by atoms with van der Waals surface area (Å²) >= 11 is 1.63. The van der Waals surface area contributed by atoms with Gasteiger partial charge in [0, 0.05) is 18.2 Å². The van der Waals surface area contributed by atoms with Crippen LogP contribution in [0, 0.1) is 0 Å². The van der Waals surface area contributed by atoms with E-state index < -0.39 is 0 Å². The predicted octanol–water partition coefficient (Wildman–Crippen LogP) is 4.33. The first-order valence-corrected chi connectivity index (χ1v) is 11.3. The van der Waals surface area contributed by atoms with Crippen molar-refractivity contribution in [2.75, 3.05) is 12.3 Å². The van der Waals surface area contributed by atoms with Gasteiger partial charge < -0.3 is 20.9 Å². The molecule has 0 radical (unpaired) electrons. The molecule has 0 saturated heterocycles. The molecule has 1 heterocycles. The molecular formula is C24H27N3O3S. The Labute approximate surface area is 186 Å². The Balaban J connectivity index is 1.59. The van der Waals surface area contributed by atoms with E-state index >= 15 is 0 Å². The Morgan fingerprint density at radius 3 is 2.94 bits per heavy atom. The third-order valence-corrected chi connectivity index (χ3v) is 6.42. The van der Waals surface area contributed by atoms with Gasteiger partial charge in [0.15, 0.2) is 0 Å². The minimum absolute atomic E-state index is 0.00492. The number of anilines is 1. The van der Waals surface area contributed by atoms with Crippen LogP contribution in [-0.2, 0) is 11.2 Å². The van der Waals surface area contributed by atoms with Crippen LogP contribution in [0.4, 0.5) is 5.69 Å². The van der Waals surface area contributed by atoms with E-state index in [4.69, 9.17) is 15.6 Å². The van der Waals surface area contributed by atoms with Crippen LogP contribution < -0.4 is 15.8 Å². The van der Waals surface area contributed by atoms with Gasteiger partial charge in [0.25, 0.3) is 0 Å². The molecule has 4 rings (SSSR count). The fourth-order valence-corrected chi connectivity index (χ4v) is 4.94. The van der Waals surface area contributed by atoms with Gasteiger partial charge in [-0.2, -0.15) is 0 Å². The second kappa shape index (κ2) is 9.08. The molecule has 1 aliphatic carbocycles. The molecule has 0 aliphatic heterocycles. The summed E-state index contributed by atoms with van der Waals surface area (Å²) in [5.74, 6) is 0.569. The number of aliphatic hydroxyl groups excluding tert-OH is 1. The second-order valence-corrected chi connectivity index (χ2v) is 8.99. The van der Waals surface area contributed by atoms with Gasteiger partial charge in [-0.1, -0.05) is 18.2 Å². The standard InChI is InChI=1S/C24H27N3O3S/c1-14(2)30-21-9-6-15(12-19(21)25)24-26-13-22(31-24)18-5-3-4-17-16(18)7-8-20(17)27-23(29)10-11-28/h3-6,9,12-14,20,28H,7-8,10-11,25H2,1-2H3,(H,27,29)/t20-/m1/s1. The molecule has 0 saturated carbocycles. The van der Waals surface area contributed by atoms with Crippen molar-refractivity contribution < 1.29 is 14.6 Å². The van der Waals surface area contributed by atoms with Gasteiger partial charge in [0.2, 0.25) is 5.91 Å². The molecule has 0 unspecified atom stereocenters. The van der Waals surface area contributed by atoms with Crippen molar-refractivity contribution in [3.8, 4) is 26.8 Å². The Bertz CT molecular complexity index is 1090. The number of hydrogen-bond donors (Lipinski definition) is 3. The number of nitrogens with zero attached hydrogens (tertiary/aromatic N) is 1. The molecule has 7 heteroatoms. The summed E-state index contributed by atoms with van der Waals surface area (Å²) in [6.07, 6.45) is 3.87. The normalized spacial score (nSPS) is 15.2. The van der Waals surface area contributed by atoms with Crippen LogP contribution in [0.25, 0.3) is 21.0 Å². The molecule has 6 nitrogen and oxygen atoms in total. The van der Waals surface area contributed by atoms with Crippen LogP contribution in [0.5, 0.6) is 5.75 Å². The highest BCUT2D eigenvalue weighted by atomic mass is 32.1. The van der Waals surface area contributed by atoms with Gasteiger partial charge in [0.05, 0.1) is 29.3 Å². The quantitative estimate of drug-likeness (QED) is 0.478. The number of ether oxygens (including phenoxy) is 1. The fraction of sp³-hybridized carbons (Fsp3) is 0.333. The molecule has 0 spiro atoms. The van der Waals surface area contributed by atoms with E-state index in [1.165, 1.54) is 5.56 Å². The highest BCUT2D eigenvalue weighted by Crippen LogP contribution is 2.41. The van der Waals surface area contributed by atoms with E-state index in [0.29, 0.717) is 11.4 Å². The molecule has 1 aromatic heterocycles. The number of thiazole rings is 1. The van der Waals surface area contributed by atoms with E-state index in [2.05, 4.69) is 22.4 Å². The van der Waals surface area contributed by atoms with Crippen molar-refractivity contribution >= 4 is 22.9 Å². The predicted molar refractivity (Wildman–Crippen MR) is 124 cm³/mol. The third kappa shape index (κ3) is 4.57. The fourth-order valence-electron chi connectivity index (χ4n) is 3.98. The summed E-state index contributed by atoms with van der Waals surface area (Å²) < 4.78 is 5.73. The number of fused-ring (bicyclic) bond motifs is 1. The van der Waals surface area contributed by atoms with Crippen molar-refractivity contribution in [1.82, 2.24) is 10.3 Å². The van der Waals surface area contributed by atoms with Crippen molar-refractivity contribution in [1.29, 1.82) is 0 Å². The second-order valence-electron chi connectivity index (χ2n) is 7.95. The summed E-state index contributed by atoms with van der Waals surface area (Å²) in [4.78, 5) is 17.7. The molecule has 1 aliphatic rings. The molecule has 0 bridgehead atoms. The number of hydrogen-bond acceptors (Lipinski definition) is 6. The highest BCUT2D eigenvalue weighted by Gasteiger charge is 2.26. The van der Waals surface area contributed by atoms with E-state index in [0.717, 1.165) is 39.4 Å². The van der Waals surface area contributed by atoms with Gasteiger partial charge in [-0.05, 0) is 61.6 Å². The number of nitrogens with two attached hydrogens (primary N) is 1. The van der Waals surface area contributed by atoms with Crippen LogP contribution in [0.3, 0.4) is 0 Å². The molecule has 0 fully saturated rings. The lowest BCUT2D eigenvalue weighted by Gasteiger charge is -2.14. The topological polar surface area (TPSA) is 97.5 Å². The number of benzene rings is 2. The average Bonchev–Trinajstić information content (AvgIpc) is 3.37. The number of nitrogen functional groups attached to an aromatic ring is 1. The van der Waals surface area contributed by atoms with Gasteiger partial charge >= 0.3 is 0 Å². The summed E-state index contributed by atoms with van der Waals surface area (Å²) in [6, 6.07) is 12.0. The van der Waals surface area contributed by atoms with E-state index in [-0.39, 0.29) is 31.1 Å². The average molecular weight is 438 g/mol. The molecule has 3 aromatic rings. The summed E-state index contributed by atoms with van der Waals surface area (Å²) in [5.41, 5.74) is 11.3. The van der Waals surface area contributed by atoms with E-state index in [1.807, 2.05) is 44.3 Å². The zero-order chi connectivity index (χ0) is 22.0. The van der Waals surface area contributed by atoms with Crippen LogP contribution in [-0.4, -0.2) is 28.7 Å². The van der Waals surface area contributed by atoms with Crippen molar-refractivity contribution in [2.45, 2.75) is 45.3 Å². The molecule has 4 N–H and O–H groups in total. The smallest absolute Gasteiger partial charge is 0.222 e. The number of carbonyl (C=O) groups is 1. The third-order valence-electron chi connectivity index (χ3n) is 5.34. The number of carbonyl (C=O) groups excluding carboxylic acids is 1. The molecule has 1 atom stereocenters. The number of nitrogens with one attached hydrogen (secondary N) is 1. The van der Waals surface area contributed by atoms with Crippen LogP contribution in [0.15, 0.2) is 42.6 Å². The zero-order valence-corrected chi connectivity index (χ0v) is 18.5. The highest BCUT2D eigenvalue weighted by molar-refractivity contribution is 7.18. The minimum Gasteiger partial charge on any atom is -0.489 e. The summed E-state index contributed by atoms with van der Waals surface area (Å²) in [6.45, 7) is 3.81. The number of rotatable bonds is 7. The molecule has 1 amide bonds. The SMILES string of the molecule is CC(C)Oc1ccc(-c2ncc(-c3cccc4c3CC[C@H]4NC(=O)CCO)s2)cc1N. The lowest BCUT2D eigenvalue weighted by molar-refractivity contribution is -0.122. The summed E-state index contributed by atoms with van der Waals surface area (Å²) in [5, 5.41) is 12.9. The lowest BCUT2D eigenvalue weighted by atomic mass is 10.0. The zero-order valence-electron chi connectivity index (χ0n) is 17.7. The summed E-state index contributed by atoms with van der Waals surface area (Å²) in [7, 11) is 0. The van der Waals surface area contributed by atoms with Crippen molar-refractivity contribution in [2.24, 2.45) is 0 Å². The van der Waals surface area contributed by atoms with Gasteiger partial charge in [-0.3, -0.25) is 4.79 Å². The maximum absolute atomic E-state index is 11.9. The largest absolute Gasteiger partial charge is 0.489 e. The number of aromatic nitrogens is 1. The Morgan fingerprint density at radius 2 is 2.19 bits per heavy atom. The number of amides is 1. The minimum atomic E-state index is -0.135. The van der Waals surface area contributed by atoms with Crippen LogP contribution in [0.1, 0.15) is 43.9 Å². The first kappa shape index (κ1) is 21.3.